The van der Waals surface area contributed by atoms with Crippen molar-refractivity contribution in [2.24, 2.45) is 0 Å². The molecule has 0 spiro atoms. The Balaban J connectivity index is 1.69. The Bertz CT molecular complexity index is 614. The standard InChI is InChI=1S/C15H23N5O3/c1-3-19-7-11(10(2)17-19)6-18-4-5-20-13(8-18)14(22)16-12(9-21)15(20)23/h7,12-13,21H,3-6,8-9H2,1-2H3,(H,16,22)/t12-,13+/m0/s1. The van der Waals surface area contributed by atoms with Gasteiger partial charge < -0.3 is 15.3 Å². The molecule has 3 heterocycles. The predicted octanol–water partition coefficient (Wildman–Crippen LogP) is -1.29. The van der Waals surface area contributed by atoms with Crippen LogP contribution < -0.4 is 5.32 Å². The molecule has 2 fully saturated rings. The van der Waals surface area contributed by atoms with Gasteiger partial charge >= 0.3 is 0 Å². The molecule has 8 nitrogen and oxygen atoms in total. The number of aryl methyl sites for hydroxylation is 2. The Labute approximate surface area is 135 Å². The summed E-state index contributed by atoms with van der Waals surface area (Å²) in [5, 5.41) is 16.2. The van der Waals surface area contributed by atoms with Crippen molar-refractivity contribution < 1.29 is 14.7 Å². The van der Waals surface area contributed by atoms with E-state index in [0.717, 1.165) is 24.3 Å². The Hall–Kier alpha value is -1.93. The van der Waals surface area contributed by atoms with Crippen LogP contribution >= 0.6 is 0 Å². The molecule has 0 saturated carbocycles. The lowest BCUT2D eigenvalue weighted by molar-refractivity contribution is -0.154. The van der Waals surface area contributed by atoms with Crippen LogP contribution in [0.15, 0.2) is 6.20 Å². The van der Waals surface area contributed by atoms with Crippen molar-refractivity contribution in [1.29, 1.82) is 0 Å². The van der Waals surface area contributed by atoms with Crippen LogP contribution in [0, 0.1) is 6.92 Å². The third kappa shape index (κ3) is 2.96. The Morgan fingerprint density at radius 2 is 2.17 bits per heavy atom. The normalized spacial score (nSPS) is 25.4. The van der Waals surface area contributed by atoms with E-state index in [2.05, 4.69) is 15.3 Å². The van der Waals surface area contributed by atoms with E-state index in [4.69, 9.17) is 0 Å². The summed E-state index contributed by atoms with van der Waals surface area (Å²) in [4.78, 5) is 28.2. The van der Waals surface area contributed by atoms with Gasteiger partial charge in [-0.05, 0) is 13.8 Å². The van der Waals surface area contributed by atoms with Gasteiger partial charge in [0.05, 0.1) is 12.3 Å². The maximum atomic E-state index is 12.2. The minimum Gasteiger partial charge on any atom is -0.394 e. The van der Waals surface area contributed by atoms with E-state index in [1.54, 1.807) is 4.90 Å². The molecule has 1 aromatic rings. The summed E-state index contributed by atoms with van der Waals surface area (Å²) in [5.74, 6) is -0.374. The molecule has 2 aliphatic rings. The molecule has 2 saturated heterocycles. The Kier molecular flexibility index (Phi) is 4.36. The molecule has 0 unspecified atom stereocenters. The number of carbonyl (C=O) groups excluding carboxylic acids is 2. The number of fused-ring (bicyclic) bond motifs is 1. The number of hydrogen-bond donors (Lipinski definition) is 2. The summed E-state index contributed by atoms with van der Waals surface area (Å²) < 4.78 is 1.91. The minimum atomic E-state index is -0.796. The topological polar surface area (TPSA) is 90.7 Å². The zero-order valence-electron chi connectivity index (χ0n) is 13.5. The maximum Gasteiger partial charge on any atom is 0.248 e. The second-order valence-corrected chi connectivity index (χ2v) is 6.12. The number of nitrogens with one attached hydrogen (secondary N) is 1. The highest BCUT2D eigenvalue weighted by molar-refractivity contribution is 5.97. The smallest absolute Gasteiger partial charge is 0.248 e. The van der Waals surface area contributed by atoms with E-state index in [0.29, 0.717) is 19.6 Å². The highest BCUT2D eigenvalue weighted by Crippen LogP contribution is 2.19. The van der Waals surface area contributed by atoms with Crippen molar-refractivity contribution in [1.82, 2.24) is 24.9 Å². The molecule has 2 aliphatic heterocycles. The second-order valence-electron chi connectivity index (χ2n) is 6.12. The van der Waals surface area contributed by atoms with Crippen LogP contribution in [0.1, 0.15) is 18.2 Å². The third-order valence-corrected chi connectivity index (χ3v) is 4.61. The summed E-state index contributed by atoms with van der Waals surface area (Å²) in [5.41, 5.74) is 2.15. The van der Waals surface area contributed by atoms with Crippen molar-refractivity contribution >= 4 is 11.8 Å². The molecule has 0 aliphatic carbocycles. The molecular weight excluding hydrogens is 298 g/mol. The lowest BCUT2D eigenvalue weighted by atomic mass is 10.0. The highest BCUT2D eigenvalue weighted by Gasteiger charge is 2.43. The fourth-order valence-electron chi connectivity index (χ4n) is 3.24. The van der Waals surface area contributed by atoms with Crippen molar-refractivity contribution in [3.63, 3.8) is 0 Å². The molecular formula is C15H23N5O3. The summed E-state index contributed by atoms with van der Waals surface area (Å²) in [7, 11) is 0. The summed E-state index contributed by atoms with van der Waals surface area (Å²) in [6.07, 6.45) is 2.04. The molecule has 8 heteroatoms. The summed E-state index contributed by atoms with van der Waals surface area (Å²) in [6.45, 7) is 6.96. The maximum absolute atomic E-state index is 12.2. The molecule has 2 atom stereocenters. The van der Waals surface area contributed by atoms with Gasteiger partial charge in [-0.15, -0.1) is 0 Å². The number of nitrogens with zero attached hydrogens (tertiary/aromatic N) is 4. The zero-order valence-corrected chi connectivity index (χ0v) is 13.5. The highest BCUT2D eigenvalue weighted by atomic mass is 16.3. The Morgan fingerprint density at radius 3 is 2.83 bits per heavy atom. The van der Waals surface area contributed by atoms with Crippen LogP contribution in [-0.2, 0) is 22.7 Å². The average Bonchev–Trinajstić information content (AvgIpc) is 2.91. The first kappa shape index (κ1) is 15.9. The minimum absolute atomic E-state index is 0.186. The summed E-state index contributed by atoms with van der Waals surface area (Å²) >= 11 is 0. The zero-order chi connectivity index (χ0) is 16.6. The molecule has 126 valence electrons. The van der Waals surface area contributed by atoms with E-state index in [1.165, 1.54) is 0 Å². The number of amides is 2. The van der Waals surface area contributed by atoms with Crippen LogP contribution in [0.5, 0.6) is 0 Å². The number of aliphatic hydroxyl groups excluding tert-OH is 1. The first-order valence-corrected chi connectivity index (χ1v) is 8.00. The molecule has 23 heavy (non-hydrogen) atoms. The van der Waals surface area contributed by atoms with Gasteiger partial charge in [-0.3, -0.25) is 19.2 Å². The van der Waals surface area contributed by atoms with E-state index < -0.39 is 12.1 Å². The van der Waals surface area contributed by atoms with Gasteiger partial charge in [-0.1, -0.05) is 0 Å². The average molecular weight is 321 g/mol. The van der Waals surface area contributed by atoms with Gasteiger partial charge in [0.25, 0.3) is 0 Å². The second kappa shape index (κ2) is 6.29. The van der Waals surface area contributed by atoms with Crippen LogP contribution in [-0.4, -0.2) is 74.8 Å². The Morgan fingerprint density at radius 1 is 1.39 bits per heavy atom. The van der Waals surface area contributed by atoms with E-state index in [1.807, 2.05) is 24.7 Å². The molecule has 2 amide bonds. The quantitative estimate of drug-likeness (QED) is 0.720. The van der Waals surface area contributed by atoms with Gasteiger partial charge in [-0.2, -0.15) is 5.10 Å². The lowest BCUT2D eigenvalue weighted by Crippen LogP contribution is -2.69. The molecule has 0 radical (unpaired) electrons. The number of carbonyl (C=O) groups is 2. The van der Waals surface area contributed by atoms with E-state index in [-0.39, 0.29) is 18.4 Å². The van der Waals surface area contributed by atoms with Crippen molar-refractivity contribution in [2.45, 2.75) is 39.0 Å². The molecule has 0 aromatic carbocycles. The molecule has 1 aromatic heterocycles. The SMILES string of the molecule is CCn1cc(CN2CCN3C(=O)[C@H](CO)NC(=O)[C@H]3C2)c(C)n1. The van der Waals surface area contributed by atoms with Crippen molar-refractivity contribution in [3.05, 3.63) is 17.5 Å². The first-order valence-electron chi connectivity index (χ1n) is 8.00. The van der Waals surface area contributed by atoms with Gasteiger partial charge in [0.2, 0.25) is 11.8 Å². The van der Waals surface area contributed by atoms with Crippen molar-refractivity contribution in [3.8, 4) is 0 Å². The van der Waals surface area contributed by atoms with Gasteiger partial charge in [0.1, 0.15) is 12.1 Å². The van der Waals surface area contributed by atoms with Gasteiger partial charge in [-0.25, -0.2) is 0 Å². The van der Waals surface area contributed by atoms with Gasteiger partial charge in [0, 0.05) is 44.5 Å². The molecule has 3 rings (SSSR count). The molecule has 2 N–H and O–H groups in total. The molecule has 0 bridgehead atoms. The van der Waals surface area contributed by atoms with Crippen LogP contribution in [0.2, 0.25) is 0 Å². The van der Waals surface area contributed by atoms with E-state index in [9.17, 15) is 14.7 Å². The lowest BCUT2D eigenvalue weighted by Gasteiger charge is -2.44. The van der Waals surface area contributed by atoms with Crippen LogP contribution in [0.3, 0.4) is 0 Å². The van der Waals surface area contributed by atoms with E-state index >= 15 is 0 Å². The fourth-order valence-corrected chi connectivity index (χ4v) is 3.24. The number of aromatic nitrogens is 2. The van der Waals surface area contributed by atoms with Crippen LogP contribution in [0.25, 0.3) is 0 Å². The largest absolute Gasteiger partial charge is 0.394 e. The first-order chi connectivity index (χ1) is 11.0. The predicted molar refractivity (Wildman–Crippen MR) is 82.4 cm³/mol. The van der Waals surface area contributed by atoms with Gasteiger partial charge in [0.15, 0.2) is 0 Å². The number of piperazine rings is 2. The number of hydrogen-bond acceptors (Lipinski definition) is 5. The summed E-state index contributed by atoms with van der Waals surface area (Å²) in [6, 6.07) is -1.27. The van der Waals surface area contributed by atoms with Crippen molar-refractivity contribution in [2.75, 3.05) is 26.2 Å². The number of rotatable bonds is 4. The number of aliphatic hydroxyl groups is 1. The monoisotopic (exact) mass is 321 g/mol. The fraction of sp³-hybridized carbons (Fsp3) is 0.667. The third-order valence-electron chi connectivity index (χ3n) is 4.61. The van der Waals surface area contributed by atoms with Crippen LogP contribution in [0.4, 0.5) is 0 Å².